The molecule has 0 unspecified atom stereocenters. The van der Waals surface area contributed by atoms with E-state index in [9.17, 15) is 0 Å². The minimum atomic E-state index is 0.694. The van der Waals surface area contributed by atoms with Crippen molar-refractivity contribution in [3.8, 4) is 56.2 Å². The summed E-state index contributed by atoms with van der Waals surface area (Å²) in [5.74, 6) is 0.694. The highest BCUT2D eigenvalue weighted by molar-refractivity contribution is 6.12. The van der Waals surface area contributed by atoms with Gasteiger partial charge in [-0.1, -0.05) is 121 Å². The average molecular weight is 562 g/mol. The largest absolute Gasteiger partial charge is 0.264 e. The van der Waals surface area contributed by atoms with Gasteiger partial charge in [0.15, 0.2) is 5.82 Å². The number of hydrogen-bond acceptors (Lipinski definition) is 3. The number of pyridine rings is 1. The van der Waals surface area contributed by atoms with Gasteiger partial charge in [0.2, 0.25) is 0 Å². The van der Waals surface area contributed by atoms with E-state index in [1.807, 2.05) is 30.5 Å². The predicted octanol–water partition coefficient (Wildman–Crippen LogP) is 10.5. The third kappa shape index (κ3) is 4.81. The second kappa shape index (κ2) is 11.0. The topological polar surface area (TPSA) is 38.7 Å². The highest BCUT2D eigenvalue weighted by Gasteiger charge is 2.14. The molecule has 0 amide bonds. The van der Waals surface area contributed by atoms with E-state index < -0.39 is 0 Å². The highest BCUT2D eigenvalue weighted by Crippen LogP contribution is 2.38. The molecule has 0 bridgehead atoms. The second-order valence-corrected chi connectivity index (χ2v) is 10.9. The first kappa shape index (κ1) is 25.8. The maximum Gasteiger partial charge on any atom is 0.160 e. The molecule has 0 saturated carbocycles. The molecule has 0 radical (unpaired) electrons. The average Bonchev–Trinajstić information content (AvgIpc) is 3.11. The Kier molecular flexibility index (Phi) is 6.47. The molecule has 8 rings (SSSR count). The molecule has 0 aliphatic rings. The van der Waals surface area contributed by atoms with Crippen molar-refractivity contribution in [2.75, 3.05) is 0 Å². The summed E-state index contributed by atoms with van der Waals surface area (Å²) in [4.78, 5) is 14.6. The summed E-state index contributed by atoms with van der Waals surface area (Å²) in [6.45, 7) is 0. The number of nitrogens with zero attached hydrogens (tertiary/aromatic N) is 3. The lowest BCUT2D eigenvalue weighted by Crippen LogP contribution is -1.96. The van der Waals surface area contributed by atoms with Crippen molar-refractivity contribution >= 4 is 21.5 Å². The fourth-order valence-electron chi connectivity index (χ4n) is 6.01. The molecule has 0 fully saturated rings. The molecule has 0 N–H and O–H groups in total. The van der Waals surface area contributed by atoms with Crippen LogP contribution in [0.5, 0.6) is 0 Å². The number of aromatic nitrogens is 3. The molecule has 0 atom stereocenters. The van der Waals surface area contributed by atoms with Crippen LogP contribution < -0.4 is 0 Å². The summed E-state index contributed by atoms with van der Waals surface area (Å²) >= 11 is 0. The van der Waals surface area contributed by atoms with E-state index in [-0.39, 0.29) is 0 Å². The molecule has 3 heteroatoms. The summed E-state index contributed by atoms with van der Waals surface area (Å²) in [7, 11) is 0. The van der Waals surface area contributed by atoms with Gasteiger partial charge >= 0.3 is 0 Å². The van der Waals surface area contributed by atoms with Crippen LogP contribution in [0, 0.1) is 0 Å². The maximum atomic E-state index is 5.17. The lowest BCUT2D eigenvalue weighted by atomic mass is 9.91. The van der Waals surface area contributed by atoms with Crippen molar-refractivity contribution in [2.24, 2.45) is 0 Å². The smallest absolute Gasteiger partial charge is 0.160 e. The van der Waals surface area contributed by atoms with Gasteiger partial charge in [-0.25, -0.2) is 9.97 Å². The van der Waals surface area contributed by atoms with Crippen LogP contribution in [0.3, 0.4) is 0 Å². The van der Waals surface area contributed by atoms with Crippen LogP contribution in [0.15, 0.2) is 164 Å². The molecule has 0 spiro atoms. The molecule has 3 nitrogen and oxygen atoms in total. The van der Waals surface area contributed by atoms with Crippen molar-refractivity contribution in [1.82, 2.24) is 15.0 Å². The van der Waals surface area contributed by atoms with E-state index in [1.165, 1.54) is 27.1 Å². The molecule has 0 aliphatic heterocycles. The minimum absolute atomic E-state index is 0.694. The Hall–Kier alpha value is -5.93. The van der Waals surface area contributed by atoms with Gasteiger partial charge in [-0.3, -0.25) is 4.98 Å². The highest BCUT2D eigenvalue weighted by atomic mass is 14.9. The van der Waals surface area contributed by atoms with Crippen LogP contribution in [-0.2, 0) is 0 Å². The van der Waals surface area contributed by atoms with Crippen molar-refractivity contribution < 1.29 is 0 Å². The zero-order chi connectivity index (χ0) is 29.3. The minimum Gasteiger partial charge on any atom is -0.264 e. The fraction of sp³-hybridized carbons (Fsp3) is 0. The van der Waals surface area contributed by atoms with Crippen LogP contribution in [0.25, 0.3) is 77.7 Å². The van der Waals surface area contributed by atoms with Crippen molar-refractivity contribution in [1.29, 1.82) is 0 Å². The molecule has 2 heterocycles. The molecular weight excluding hydrogens is 534 g/mol. The molecule has 8 aromatic rings. The Morgan fingerprint density at radius 3 is 1.66 bits per heavy atom. The van der Waals surface area contributed by atoms with Crippen LogP contribution >= 0.6 is 0 Å². The number of fused-ring (bicyclic) bond motifs is 2. The Bertz CT molecular complexity index is 2220. The number of hydrogen-bond donors (Lipinski definition) is 0. The SMILES string of the molecule is c1ccc(-c2cc(-c3cccc(-c4cccnc4)c3)nc(-c3cccc(-c4c5ccccc5cc5ccccc45)c3)n2)cc1. The van der Waals surface area contributed by atoms with Crippen LogP contribution in [-0.4, -0.2) is 15.0 Å². The zero-order valence-corrected chi connectivity index (χ0v) is 23.9. The first-order valence-corrected chi connectivity index (χ1v) is 14.8. The van der Waals surface area contributed by atoms with Crippen LogP contribution in [0.4, 0.5) is 0 Å². The van der Waals surface area contributed by atoms with Gasteiger partial charge < -0.3 is 0 Å². The fourth-order valence-corrected chi connectivity index (χ4v) is 6.01. The molecule has 0 aliphatic carbocycles. The van der Waals surface area contributed by atoms with E-state index in [0.29, 0.717) is 5.82 Å². The summed E-state index contributed by atoms with van der Waals surface area (Å²) in [5.41, 5.74) is 9.36. The van der Waals surface area contributed by atoms with Crippen LogP contribution in [0.1, 0.15) is 0 Å². The second-order valence-electron chi connectivity index (χ2n) is 10.9. The van der Waals surface area contributed by atoms with Crippen molar-refractivity contribution in [3.63, 3.8) is 0 Å². The predicted molar refractivity (Wildman–Crippen MR) is 182 cm³/mol. The van der Waals surface area contributed by atoms with Gasteiger partial charge in [-0.2, -0.15) is 0 Å². The van der Waals surface area contributed by atoms with E-state index in [2.05, 4.69) is 132 Å². The lowest BCUT2D eigenvalue weighted by molar-refractivity contribution is 1.18. The molecular formula is C41H27N3. The zero-order valence-electron chi connectivity index (χ0n) is 23.9. The summed E-state index contributed by atoms with van der Waals surface area (Å²) in [5, 5.41) is 4.92. The molecule has 6 aromatic carbocycles. The standard InChI is InChI=1S/C41H27N3/c1-2-11-28(12-3-1)38-26-39(32-16-8-15-29(23-32)35-19-10-22-42-27-35)44-41(43-38)34-18-9-17-33(25-34)40-36-20-6-4-13-30(36)24-31-14-5-7-21-37(31)40/h1-27H. The Balaban J connectivity index is 1.31. The third-order valence-electron chi connectivity index (χ3n) is 8.13. The molecule has 44 heavy (non-hydrogen) atoms. The maximum absolute atomic E-state index is 5.17. The van der Waals surface area contributed by atoms with Crippen LogP contribution in [0.2, 0.25) is 0 Å². The summed E-state index contributed by atoms with van der Waals surface area (Å²) in [6.07, 6.45) is 3.69. The summed E-state index contributed by atoms with van der Waals surface area (Å²) in [6, 6.07) is 53.1. The van der Waals surface area contributed by atoms with Gasteiger partial charge in [0.25, 0.3) is 0 Å². The van der Waals surface area contributed by atoms with Gasteiger partial charge in [0, 0.05) is 34.6 Å². The molecule has 2 aromatic heterocycles. The first-order chi connectivity index (χ1) is 21.8. The van der Waals surface area contributed by atoms with E-state index in [4.69, 9.17) is 9.97 Å². The Labute approximate surface area is 256 Å². The lowest BCUT2D eigenvalue weighted by Gasteiger charge is -2.14. The summed E-state index contributed by atoms with van der Waals surface area (Å²) < 4.78 is 0. The van der Waals surface area contributed by atoms with Gasteiger partial charge in [-0.05, 0) is 68.6 Å². The van der Waals surface area contributed by atoms with Crippen molar-refractivity contribution in [2.45, 2.75) is 0 Å². The number of benzene rings is 6. The quantitative estimate of drug-likeness (QED) is 0.196. The first-order valence-electron chi connectivity index (χ1n) is 14.8. The van der Waals surface area contributed by atoms with Gasteiger partial charge in [0.05, 0.1) is 11.4 Å². The molecule has 0 saturated heterocycles. The van der Waals surface area contributed by atoms with Crippen molar-refractivity contribution in [3.05, 3.63) is 164 Å². The molecule has 206 valence electrons. The Morgan fingerprint density at radius 2 is 0.932 bits per heavy atom. The Morgan fingerprint density at radius 1 is 0.364 bits per heavy atom. The van der Waals surface area contributed by atoms with E-state index in [0.717, 1.165) is 44.8 Å². The monoisotopic (exact) mass is 561 g/mol. The number of rotatable bonds is 5. The van der Waals surface area contributed by atoms with E-state index in [1.54, 1.807) is 6.20 Å². The van der Waals surface area contributed by atoms with Gasteiger partial charge in [-0.15, -0.1) is 0 Å². The normalized spacial score (nSPS) is 11.2. The van der Waals surface area contributed by atoms with Gasteiger partial charge in [0.1, 0.15) is 0 Å². The third-order valence-corrected chi connectivity index (χ3v) is 8.13. The van der Waals surface area contributed by atoms with E-state index >= 15 is 0 Å².